The molecule has 0 unspecified atom stereocenters. The molecule has 0 fully saturated rings. The van der Waals surface area contributed by atoms with E-state index in [-0.39, 0.29) is 0 Å². The van der Waals surface area contributed by atoms with Crippen molar-refractivity contribution in [2.24, 2.45) is 0 Å². The summed E-state index contributed by atoms with van der Waals surface area (Å²) in [6.07, 6.45) is 0. The van der Waals surface area contributed by atoms with Gasteiger partial charge in [0.1, 0.15) is 147 Å². The Hall–Kier alpha value is -6.38. The van der Waals surface area contributed by atoms with Crippen LogP contribution >= 0.6 is 0 Å². The van der Waals surface area contributed by atoms with E-state index in [2.05, 4.69) is 255 Å². The van der Waals surface area contributed by atoms with Crippen LogP contribution < -0.4 is 98.3 Å². The smallest absolute Gasteiger partial charge is 0.145 e. The molecular formula is C55H54B18N2. The normalized spacial score (nSPS) is 11.6. The van der Waals surface area contributed by atoms with Crippen LogP contribution in [0.2, 0.25) is 0 Å². The summed E-state index contributed by atoms with van der Waals surface area (Å²) in [5.41, 5.74) is 39.2. The van der Waals surface area contributed by atoms with Gasteiger partial charge in [0.2, 0.25) is 0 Å². The Balaban J connectivity index is 1.27. The van der Waals surface area contributed by atoms with Gasteiger partial charge in [-0.25, -0.2) is 4.98 Å². The second-order valence-corrected chi connectivity index (χ2v) is 22.4. The van der Waals surface area contributed by atoms with Crippen molar-refractivity contribution in [3.8, 4) is 61.6 Å². The van der Waals surface area contributed by atoms with Crippen molar-refractivity contribution < 1.29 is 0 Å². The fraction of sp³-hybridized carbons (Fsp3) is 0. The minimum atomic E-state index is 0.936. The number of rotatable bonds is 6. The van der Waals surface area contributed by atoms with Crippen LogP contribution in [0.5, 0.6) is 0 Å². The second kappa shape index (κ2) is 18.7. The quantitative estimate of drug-likeness (QED) is 0.120. The minimum absolute atomic E-state index is 0.936. The van der Waals surface area contributed by atoms with Crippen molar-refractivity contribution in [3.05, 3.63) is 109 Å². The Morgan fingerprint density at radius 1 is 0.280 bits per heavy atom. The van der Waals surface area contributed by atoms with Gasteiger partial charge in [0.25, 0.3) is 0 Å². The molecule has 10 aromatic carbocycles. The lowest BCUT2D eigenvalue weighted by atomic mass is 9.58. The molecule has 0 aliphatic carbocycles. The van der Waals surface area contributed by atoms with E-state index in [1.165, 1.54) is 175 Å². The average molecular weight is 938 g/mol. The fourth-order valence-corrected chi connectivity index (χ4v) is 13.3. The number of para-hydroxylation sites is 2. The third-order valence-corrected chi connectivity index (χ3v) is 19.2. The van der Waals surface area contributed by atoms with Crippen LogP contribution in [0, 0.1) is 0 Å². The van der Waals surface area contributed by atoms with E-state index in [9.17, 15) is 0 Å². The summed E-state index contributed by atoms with van der Waals surface area (Å²) < 4.78 is 2.36. The molecule has 0 saturated heterocycles. The molecule has 0 N–H and O–H groups in total. The molecule has 0 aliphatic heterocycles. The third-order valence-electron chi connectivity index (χ3n) is 19.2. The van der Waals surface area contributed by atoms with E-state index in [1.54, 1.807) is 0 Å². The zero-order chi connectivity index (χ0) is 53.4. The van der Waals surface area contributed by atoms with E-state index in [4.69, 9.17) is 4.98 Å². The first-order valence-corrected chi connectivity index (χ1v) is 27.1. The molecule has 0 radical (unpaired) electrons. The van der Waals surface area contributed by atoms with Crippen molar-refractivity contribution in [2.45, 2.75) is 0 Å². The van der Waals surface area contributed by atoms with E-state index in [0.717, 1.165) is 28.1 Å². The first-order chi connectivity index (χ1) is 35.7. The minimum Gasteiger partial charge on any atom is -0.292 e. The molecule has 0 saturated carbocycles. The van der Waals surface area contributed by atoms with E-state index in [0.29, 0.717) is 0 Å². The number of nitrogens with zero attached hydrogens (tertiary/aromatic N) is 2. The molecule has 0 atom stereocenters. The first kappa shape index (κ1) is 50.8. The summed E-state index contributed by atoms with van der Waals surface area (Å²) in [7, 11) is 42.1. The predicted molar refractivity (Wildman–Crippen MR) is 388 cm³/mol. The largest absolute Gasteiger partial charge is 0.292 e. The Morgan fingerprint density at radius 2 is 0.627 bits per heavy atom. The van der Waals surface area contributed by atoms with E-state index in [1.807, 2.05) is 0 Å². The summed E-state index contributed by atoms with van der Waals surface area (Å²) in [5, 5.41) is 7.80. The lowest BCUT2D eigenvalue weighted by molar-refractivity contribution is 1.11. The number of hydrogen-bond donors (Lipinski definition) is 0. The monoisotopic (exact) mass is 941 g/mol. The summed E-state index contributed by atoms with van der Waals surface area (Å²) >= 11 is 0. The zero-order valence-electron chi connectivity index (χ0n) is 47.8. The fourth-order valence-electron chi connectivity index (χ4n) is 13.3. The lowest BCUT2D eigenvalue weighted by Crippen LogP contribution is -2.55. The van der Waals surface area contributed by atoms with Gasteiger partial charge in [-0.3, -0.25) is 4.57 Å². The van der Waals surface area contributed by atoms with Crippen molar-refractivity contribution in [1.82, 2.24) is 9.55 Å². The third kappa shape index (κ3) is 7.61. The second-order valence-electron chi connectivity index (χ2n) is 22.4. The maximum absolute atomic E-state index is 5.38. The maximum Gasteiger partial charge on any atom is 0.145 e. The van der Waals surface area contributed by atoms with Gasteiger partial charge in [0.05, 0.1) is 16.7 Å². The molecule has 20 heteroatoms. The summed E-state index contributed by atoms with van der Waals surface area (Å²) in [5.74, 6) is 0.936. The maximum atomic E-state index is 5.38. The van der Waals surface area contributed by atoms with Gasteiger partial charge in [0, 0.05) is 10.9 Å². The van der Waals surface area contributed by atoms with E-state index < -0.39 is 0 Å². The lowest BCUT2D eigenvalue weighted by Gasteiger charge is -2.29. The highest BCUT2D eigenvalue weighted by molar-refractivity contribution is 6.73. The molecule has 2 nitrogen and oxygen atoms in total. The Morgan fingerprint density at radius 3 is 1.09 bits per heavy atom. The molecule has 0 aliphatic rings. The van der Waals surface area contributed by atoms with Crippen LogP contribution in [0.4, 0.5) is 0 Å². The highest BCUT2D eigenvalue weighted by atomic mass is 15.1. The molecule has 0 spiro atoms. The Kier molecular flexibility index (Phi) is 12.7. The van der Waals surface area contributed by atoms with Gasteiger partial charge in [-0.15, -0.1) is 54.6 Å². The summed E-state index contributed by atoms with van der Waals surface area (Å²) in [4.78, 5) is 5.38. The molecular weight excluding hydrogens is 883 g/mol. The van der Waals surface area contributed by atoms with Crippen LogP contribution in [0.1, 0.15) is 0 Å². The number of imidazole rings is 1. The molecule has 1 aromatic heterocycles. The van der Waals surface area contributed by atoms with E-state index >= 15 is 0 Å². The van der Waals surface area contributed by atoms with Gasteiger partial charge in [-0.2, -0.15) is 0 Å². The van der Waals surface area contributed by atoms with Gasteiger partial charge >= 0.3 is 0 Å². The highest BCUT2D eigenvalue weighted by Gasteiger charge is 2.27. The molecule has 1 heterocycles. The Labute approximate surface area is 460 Å². The van der Waals surface area contributed by atoms with Gasteiger partial charge in [-0.05, 0) is 108 Å². The molecule has 338 valence electrons. The first-order valence-electron chi connectivity index (χ1n) is 27.1. The predicted octanol–water partition coefficient (Wildman–Crippen LogP) is -16.5. The van der Waals surface area contributed by atoms with Gasteiger partial charge < -0.3 is 0 Å². The SMILES string of the molecule is Bc1c(B)c(B)c(-c2cc(-c3c(B)c(B)c(B)c(B)c3B)cc(-c3c4c(B)c(B)c(B)c(B)c4c(-c4ccc(-c5nc6ccccc6n5-c5cccc6ccccc56)cc4)c4c(B)c(B)c(B)c(B)c34)c2)c(B)c1B. The highest BCUT2D eigenvalue weighted by Crippen LogP contribution is 2.43. The zero-order valence-corrected chi connectivity index (χ0v) is 47.8. The van der Waals surface area contributed by atoms with Crippen LogP contribution in [0.25, 0.3) is 105 Å². The van der Waals surface area contributed by atoms with Crippen molar-refractivity contribution in [3.63, 3.8) is 0 Å². The molecule has 11 aromatic rings. The molecule has 0 amide bonds. The number of hydrogen-bond acceptors (Lipinski definition) is 1. The topological polar surface area (TPSA) is 17.8 Å². The summed E-state index contributed by atoms with van der Waals surface area (Å²) in [6, 6.07) is 40.8. The number of aromatic nitrogens is 2. The molecule has 75 heavy (non-hydrogen) atoms. The van der Waals surface area contributed by atoms with Crippen molar-refractivity contribution in [2.75, 3.05) is 0 Å². The standard InChI is InChI=1S/C55H54B18N2/c56-37-31(38(57)46(65)53(72)45(37)64)23-16-22(17-24(18-23)32-39(58)47(66)54(73)48(67)40(32)59)30-35-33(41(60)49(68)51(70)43(35)62)29(34-36(30)44(63)52(71)50(69)42(34)61)20-12-14-21(15-13-20)55-74-26-9-3-4-10-28(26)75(55)27-11-5-7-19-6-1-2-8-25(19)27/h1-18H,56-73H2. The average Bonchev–Trinajstić information content (AvgIpc) is 3.83. The summed E-state index contributed by atoms with van der Waals surface area (Å²) in [6.45, 7) is 0. The van der Waals surface area contributed by atoms with Crippen LogP contribution in [0.15, 0.2) is 109 Å². The van der Waals surface area contributed by atoms with Crippen molar-refractivity contribution >= 4 is 283 Å². The van der Waals surface area contributed by atoms with Crippen LogP contribution in [-0.2, 0) is 0 Å². The van der Waals surface area contributed by atoms with Crippen LogP contribution in [-0.4, -0.2) is 151 Å². The Bertz CT molecular complexity index is 4110. The number of fused-ring (bicyclic) bond motifs is 4. The van der Waals surface area contributed by atoms with Crippen LogP contribution in [0.3, 0.4) is 0 Å². The molecule has 0 bridgehead atoms. The molecule has 11 rings (SSSR count). The van der Waals surface area contributed by atoms with Gasteiger partial charge in [-0.1, -0.05) is 116 Å². The van der Waals surface area contributed by atoms with Crippen molar-refractivity contribution in [1.29, 1.82) is 0 Å². The number of benzene rings is 10. The van der Waals surface area contributed by atoms with Gasteiger partial charge in [0.15, 0.2) is 0 Å².